The van der Waals surface area contributed by atoms with Crippen LogP contribution in [0.5, 0.6) is 0 Å². The summed E-state index contributed by atoms with van der Waals surface area (Å²) in [6, 6.07) is 5.93. The third kappa shape index (κ3) is 3.49. The predicted octanol–water partition coefficient (Wildman–Crippen LogP) is 2.50. The van der Waals surface area contributed by atoms with Crippen molar-refractivity contribution in [3.63, 3.8) is 0 Å². The molecule has 6 heteroatoms. The van der Waals surface area contributed by atoms with Crippen molar-refractivity contribution in [2.75, 3.05) is 33.4 Å². The van der Waals surface area contributed by atoms with Gasteiger partial charge in [0.25, 0.3) is 5.91 Å². The van der Waals surface area contributed by atoms with Gasteiger partial charge in [0, 0.05) is 68.7 Å². The molecule has 3 atom stereocenters. The van der Waals surface area contributed by atoms with Crippen LogP contribution in [0.3, 0.4) is 0 Å². The number of amides is 2. The van der Waals surface area contributed by atoms with Crippen molar-refractivity contribution in [1.82, 2.24) is 14.8 Å². The maximum Gasteiger partial charge on any atom is 0.254 e. The van der Waals surface area contributed by atoms with Crippen LogP contribution in [-0.4, -0.2) is 66.0 Å². The van der Waals surface area contributed by atoms with Gasteiger partial charge in [-0.3, -0.25) is 14.6 Å². The van der Waals surface area contributed by atoms with E-state index in [-0.39, 0.29) is 23.8 Å². The topological polar surface area (TPSA) is 62.7 Å². The van der Waals surface area contributed by atoms with Gasteiger partial charge in [-0.05, 0) is 49.3 Å². The van der Waals surface area contributed by atoms with E-state index in [1.165, 1.54) is 0 Å². The molecule has 2 aromatic rings. The Morgan fingerprint density at radius 3 is 2.86 bits per heavy atom. The fourth-order valence-electron chi connectivity index (χ4n) is 4.32. The fourth-order valence-corrected chi connectivity index (χ4v) is 4.32. The van der Waals surface area contributed by atoms with Crippen LogP contribution < -0.4 is 0 Å². The molecule has 28 heavy (non-hydrogen) atoms. The Kier molecular flexibility index (Phi) is 5.06. The first-order valence-electron chi connectivity index (χ1n) is 9.92. The van der Waals surface area contributed by atoms with Crippen molar-refractivity contribution in [2.45, 2.75) is 26.3 Å². The molecule has 0 spiro atoms. The number of hydrogen-bond acceptors (Lipinski definition) is 4. The predicted molar refractivity (Wildman–Crippen MR) is 107 cm³/mol. The average molecular weight is 381 g/mol. The Morgan fingerprint density at radius 1 is 1.29 bits per heavy atom. The number of benzene rings is 1. The first-order valence-corrected chi connectivity index (χ1v) is 9.92. The van der Waals surface area contributed by atoms with E-state index in [0.29, 0.717) is 37.7 Å². The van der Waals surface area contributed by atoms with Crippen molar-refractivity contribution < 1.29 is 14.3 Å². The summed E-state index contributed by atoms with van der Waals surface area (Å²) < 4.78 is 5.17. The average Bonchev–Trinajstić information content (AvgIpc) is 3.45. The smallest absolute Gasteiger partial charge is 0.254 e. The number of pyridine rings is 1. The van der Waals surface area contributed by atoms with Crippen LogP contribution in [-0.2, 0) is 9.53 Å². The van der Waals surface area contributed by atoms with Gasteiger partial charge in [0.05, 0.1) is 0 Å². The van der Waals surface area contributed by atoms with Gasteiger partial charge in [0.15, 0.2) is 0 Å². The quantitative estimate of drug-likeness (QED) is 0.816. The molecule has 0 bridgehead atoms. The molecule has 2 aliphatic rings. The molecule has 0 N–H and O–H groups in total. The zero-order valence-electron chi connectivity index (χ0n) is 16.7. The zero-order valence-corrected chi connectivity index (χ0v) is 16.7. The van der Waals surface area contributed by atoms with Crippen LogP contribution in [0.2, 0.25) is 0 Å². The van der Waals surface area contributed by atoms with Crippen molar-refractivity contribution in [3.8, 4) is 0 Å². The highest BCUT2D eigenvalue weighted by molar-refractivity contribution is 6.07. The van der Waals surface area contributed by atoms with Gasteiger partial charge in [0.1, 0.15) is 0 Å². The number of fused-ring (bicyclic) bond motifs is 1. The highest BCUT2D eigenvalue weighted by Crippen LogP contribution is 2.40. The molecule has 4 rings (SSSR count). The second kappa shape index (κ2) is 7.51. The van der Waals surface area contributed by atoms with Crippen molar-refractivity contribution in [1.29, 1.82) is 0 Å². The molecule has 1 aromatic carbocycles. The highest BCUT2D eigenvalue weighted by atomic mass is 16.5. The summed E-state index contributed by atoms with van der Waals surface area (Å²) in [5.41, 5.74) is 1.75. The van der Waals surface area contributed by atoms with Gasteiger partial charge in [0.2, 0.25) is 5.91 Å². The number of piperazine rings is 1. The van der Waals surface area contributed by atoms with Gasteiger partial charge in [-0.2, -0.15) is 0 Å². The Bertz CT molecular complexity index is 913. The molecule has 1 aliphatic heterocycles. The standard InChI is InChI=1S/C22H27N3O3/c1-14-8-16-4-5-23-11-20(16)19(9-14)22(27)25-7-6-24(12-15(25)2)21(26)18-10-17(18)13-28-3/h4-5,8-9,11,15,17-18H,6-7,10,12-13H2,1-3H3/t15-,17-,18+/m0/s1. The number of ether oxygens (including phenoxy) is 1. The maximum atomic E-state index is 13.3. The Morgan fingerprint density at radius 2 is 2.11 bits per heavy atom. The third-order valence-electron chi connectivity index (χ3n) is 5.95. The number of carbonyl (C=O) groups is 2. The summed E-state index contributed by atoms with van der Waals surface area (Å²) in [6.07, 6.45) is 4.43. The van der Waals surface area contributed by atoms with Crippen molar-refractivity contribution >= 4 is 22.6 Å². The van der Waals surface area contributed by atoms with Crippen LogP contribution >= 0.6 is 0 Å². The van der Waals surface area contributed by atoms with Gasteiger partial charge in [-0.25, -0.2) is 0 Å². The Labute approximate surface area is 165 Å². The van der Waals surface area contributed by atoms with Gasteiger partial charge in [-0.1, -0.05) is 6.07 Å². The number of rotatable bonds is 4. The zero-order chi connectivity index (χ0) is 19.8. The molecular formula is C22H27N3O3. The van der Waals surface area contributed by atoms with E-state index < -0.39 is 0 Å². The summed E-state index contributed by atoms with van der Waals surface area (Å²) >= 11 is 0. The van der Waals surface area contributed by atoms with E-state index in [1.807, 2.05) is 35.8 Å². The summed E-state index contributed by atoms with van der Waals surface area (Å²) in [5, 5.41) is 1.90. The van der Waals surface area contributed by atoms with E-state index in [1.54, 1.807) is 19.5 Å². The van der Waals surface area contributed by atoms with Gasteiger partial charge < -0.3 is 14.5 Å². The fraction of sp³-hybridized carbons (Fsp3) is 0.500. The largest absolute Gasteiger partial charge is 0.384 e. The summed E-state index contributed by atoms with van der Waals surface area (Å²) in [5.74, 6) is 0.691. The molecule has 1 saturated carbocycles. The second-order valence-corrected chi connectivity index (χ2v) is 8.10. The molecule has 0 radical (unpaired) electrons. The minimum Gasteiger partial charge on any atom is -0.384 e. The minimum atomic E-state index is -0.0166. The van der Waals surface area contributed by atoms with Crippen LogP contribution in [0.1, 0.15) is 29.3 Å². The number of nitrogens with zero attached hydrogens (tertiary/aromatic N) is 3. The van der Waals surface area contributed by atoms with E-state index in [0.717, 1.165) is 22.8 Å². The van der Waals surface area contributed by atoms with Crippen LogP contribution in [0.25, 0.3) is 10.8 Å². The molecular weight excluding hydrogens is 354 g/mol. The normalized spacial score (nSPS) is 24.5. The molecule has 1 aromatic heterocycles. The molecule has 6 nitrogen and oxygen atoms in total. The molecule has 2 heterocycles. The van der Waals surface area contributed by atoms with Gasteiger partial charge >= 0.3 is 0 Å². The van der Waals surface area contributed by atoms with Crippen LogP contribution in [0.15, 0.2) is 30.6 Å². The lowest BCUT2D eigenvalue weighted by molar-refractivity contribution is -0.135. The lowest BCUT2D eigenvalue weighted by atomic mass is 10.0. The lowest BCUT2D eigenvalue weighted by Crippen LogP contribution is -2.55. The molecule has 2 fully saturated rings. The highest BCUT2D eigenvalue weighted by Gasteiger charge is 2.46. The molecule has 0 unspecified atom stereocenters. The van der Waals surface area contributed by atoms with E-state index >= 15 is 0 Å². The summed E-state index contributed by atoms with van der Waals surface area (Å²) in [6.45, 7) is 6.41. The first kappa shape index (κ1) is 18.9. The second-order valence-electron chi connectivity index (χ2n) is 8.10. The first-order chi connectivity index (χ1) is 13.5. The molecule has 2 amide bonds. The monoisotopic (exact) mass is 381 g/mol. The SMILES string of the molecule is COC[C@@H]1C[C@H]1C(=O)N1CCN(C(=O)c2cc(C)cc3ccncc23)[C@@H](C)C1. The van der Waals surface area contributed by atoms with E-state index in [9.17, 15) is 9.59 Å². The molecule has 1 saturated heterocycles. The molecule has 1 aliphatic carbocycles. The van der Waals surface area contributed by atoms with Crippen LogP contribution in [0.4, 0.5) is 0 Å². The van der Waals surface area contributed by atoms with Gasteiger partial charge in [-0.15, -0.1) is 0 Å². The Balaban J connectivity index is 1.48. The van der Waals surface area contributed by atoms with Crippen molar-refractivity contribution in [3.05, 3.63) is 41.7 Å². The van der Waals surface area contributed by atoms with E-state index in [4.69, 9.17) is 4.74 Å². The lowest BCUT2D eigenvalue weighted by Gasteiger charge is -2.40. The number of aromatic nitrogens is 1. The number of methoxy groups -OCH3 is 1. The summed E-state index contributed by atoms with van der Waals surface area (Å²) in [7, 11) is 1.68. The maximum absolute atomic E-state index is 13.3. The third-order valence-corrected chi connectivity index (χ3v) is 5.95. The van der Waals surface area contributed by atoms with E-state index in [2.05, 4.69) is 11.1 Å². The minimum absolute atomic E-state index is 0.0166. The molecule has 148 valence electrons. The van der Waals surface area contributed by atoms with Crippen molar-refractivity contribution in [2.24, 2.45) is 11.8 Å². The van der Waals surface area contributed by atoms with Crippen LogP contribution in [0, 0.1) is 18.8 Å². The number of aryl methyl sites for hydroxylation is 1. The Hall–Kier alpha value is -2.47. The number of hydrogen-bond donors (Lipinski definition) is 0. The summed E-state index contributed by atoms with van der Waals surface area (Å²) in [4.78, 5) is 34.0. The number of carbonyl (C=O) groups excluding carboxylic acids is 2.